The molecule has 0 aromatic heterocycles. The molecule has 0 bridgehead atoms. The lowest BCUT2D eigenvalue weighted by Gasteiger charge is -2.32. The molecule has 2 nitrogen and oxygen atoms in total. The number of fused-ring (bicyclic) bond motifs is 1. The van der Waals surface area contributed by atoms with Gasteiger partial charge in [-0.05, 0) is 30.1 Å². The van der Waals surface area contributed by atoms with Gasteiger partial charge in [-0.3, -0.25) is 9.98 Å². The average Bonchev–Trinajstić information content (AvgIpc) is 2.64. The van der Waals surface area contributed by atoms with Crippen molar-refractivity contribution in [3.05, 3.63) is 85.6 Å². The van der Waals surface area contributed by atoms with Crippen molar-refractivity contribution in [1.82, 2.24) is 0 Å². The highest BCUT2D eigenvalue weighted by Crippen LogP contribution is 2.38. The molecule has 1 aromatic carbocycles. The number of rotatable bonds is 9. The van der Waals surface area contributed by atoms with Crippen molar-refractivity contribution < 1.29 is 0 Å². The van der Waals surface area contributed by atoms with Crippen LogP contribution >= 0.6 is 0 Å². The van der Waals surface area contributed by atoms with Crippen molar-refractivity contribution in [1.29, 1.82) is 0 Å². The van der Waals surface area contributed by atoms with Crippen LogP contribution in [0.4, 0.5) is 0 Å². The van der Waals surface area contributed by atoms with Crippen LogP contribution in [-0.2, 0) is 0 Å². The fourth-order valence-corrected chi connectivity index (χ4v) is 3.40. The molecule has 0 amide bonds. The Hall–Kier alpha value is -2.48. The molecule has 136 valence electrons. The summed E-state index contributed by atoms with van der Waals surface area (Å²) in [6.45, 7) is 20.4. The topological polar surface area (TPSA) is 24.7 Å². The summed E-state index contributed by atoms with van der Waals surface area (Å²) in [7, 11) is 0. The van der Waals surface area contributed by atoms with E-state index < -0.39 is 0 Å². The Morgan fingerprint density at radius 1 is 1.23 bits per heavy atom. The molecule has 2 rings (SSSR count). The summed E-state index contributed by atoms with van der Waals surface area (Å²) >= 11 is 0. The smallest absolute Gasteiger partial charge is 0.0989 e. The highest BCUT2D eigenvalue weighted by Gasteiger charge is 2.31. The Labute approximate surface area is 158 Å². The Morgan fingerprint density at radius 2 is 1.96 bits per heavy atom. The quantitative estimate of drug-likeness (QED) is 0.371. The predicted octanol–water partition coefficient (Wildman–Crippen LogP) is 6.28. The Morgan fingerprint density at radius 3 is 2.58 bits per heavy atom. The van der Waals surface area contributed by atoms with E-state index in [1.54, 1.807) is 6.08 Å². The van der Waals surface area contributed by atoms with E-state index in [0.717, 1.165) is 30.0 Å². The minimum Gasteiger partial charge on any atom is -0.274 e. The first-order valence-electron chi connectivity index (χ1n) is 9.31. The zero-order valence-electron chi connectivity index (χ0n) is 16.1. The van der Waals surface area contributed by atoms with Crippen LogP contribution in [0.3, 0.4) is 0 Å². The number of benzene rings is 1. The Bertz CT molecular complexity index is 749. The van der Waals surface area contributed by atoms with E-state index in [-0.39, 0.29) is 12.0 Å². The van der Waals surface area contributed by atoms with Crippen molar-refractivity contribution in [3.63, 3.8) is 0 Å². The van der Waals surface area contributed by atoms with E-state index >= 15 is 0 Å². The molecule has 0 saturated carbocycles. The molecule has 1 aliphatic rings. The van der Waals surface area contributed by atoms with E-state index in [2.05, 4.69) is 64.4 Å². The van der Waals surface area contributed by atoms with Crippen molar-refractivity contribution >= 4 is 11.4 Å². The van der Waals surface area contributed by atoms with Gasteiger partial charge in [0.1, 0.15) is 0 Å². The van der Waals surface area contributed by atoms with E-state index in [0.29, 0.717) is 12.3 Å². The van der Waals surface area contributed by atoms with Crippen LogP contribution in [0.2, 0.25) is 0 Å². The van der Waals surface area contributed by atoms with Crippen LogP contribution in [0.1, 0.15) is 50.2 Å². The number of aliphatic imine (C=N–C) groups is 2. The van der Waals surface area contributed by atoms with Crippen LogP contribution in [0.15, 0.2) is 84.5 Å². The first kappa shape index (κ1) is 19.8. The third-order valence-electron chi connectivity index (χ3n) is 4.76. The zero-order chi connectivity index (χ0) is 19.1. The van der Waals surface area contributed by atoms with Crippen molar-refractivity contribution in [2.24, 2.45) is 15.9 Å². The molecule has 1 aromatic rings. The number of allylic oxidation sites excluding steroid dienone is 3. The molecule has 0 fully saturated rings. The van der Waals surface area contributed by atoms with Crippen LogP contribution in [0.25, 0.3) is 0 Å². The monoisotopic (exact) mass is 346 g/mol. The molecule has 26 heavy (non-hydrogen) atoms. The summed E-state index contributed by atoms with van der Waals surface area (Å²) in [6, 6.07) is 8.43. The Kier molecular flexibility index (Phi) is 7.08. The van der Waals surface area contributed by atoms with E-state index in [1.807, 2.05) is 12.2 Å². The number of nitrogens with zero attached hydrogens (tertiary/aromatic N) is 2. The molecule has 2 heteroatoms. The second-order valence-electron chi connectivity index (χ2n) is 7.12. The minimum absolute atomic E-state index is 0.0728. The molecule has 1 heterocycles. The van der Waals surface area contributed by atoms with Gasteiger partial charge in [0.15, 0.2) is 0 Å². The number of hydrogen-bond donors (Lipinski definition) is 0. The molecule has 1 aliphatic heterocycles. The van der Waals surface area contributed by atoms with E-state index in [1.165, 1.54) is 11.1 Å². The van der Waals surface area contributed by atoms with Gasteiger partial charge >= 0.3 is 0 Å². The molecule has 0 spiro atoms. The maximum Gasteiger partial charge on any atom is 0.0989 e. The molecule has 0 N–H and O–H groups in total. The maximum atomic E-state index is 4.98. The summed E-state index contributed by atoms with van der Waals surface area (Å²) in [5.41, 5.74) is 5.08. The van der Waals surface area contributed by atoms with Crippen molar-refractivity contribution in [2.45, 2.75) is 45.1 Å². The zero-order valence-corrected chi connectivity index (χ0v) is 16.1. The summed E-state index contributed by atoms with van der Waals surface area (Å²) in [5, 5.41) is 0. The summed E-state index contributed by atoms with van der Waals surface area (Å²) < 4.78 is 0. The van der Waals surface area contributed by atoms with Gasteiger partial charge in [-0.1, -0.05) is 70.3 Å². The van der Waals surface area contributed by atoms with E-state index in [9.17, 15) is 0 Å². The summed E-state index contributed by atoms with van der Waals surface area (Å²) in [4.78, 5) is 9.70. The molecule has 0 saturated heterocycles. The van der Waals surface area contributed by atoms with Gasteiger partial charge in [0.05, 0.1) is 17.5 Å². The molecule has 2 unspecified atom stereocenters. The molecular formula is C24H30N2. The van der Waals surface area contributed by atoms with E-state index in [4.69, 9.17) is 9.98 Å². The maximum absolute atomic E-state index is 4.98. The Balaban J connectivity index is 2.46. The summed E-state index contributed by atoms with van der Waals surface area (Å²) in [5.74, 6) is 0.928. The van der Waals surface area contributed by atoms with Crippen molar-refractivity contribution in [2.75, 3.05) is 0 Å². The molecule has 0 aliphatic carbocycles. The minimum atomic E-state index is -0.0728. The van der Waals surface area contributed by atoms with Gasteiger partial charge in [-0.2, -0.15) is 0 Å². The van der Waals surface area contributed by atoms with Crippen LogP contribution in [-0.4, -0.2) is 17.5 Å². The lowest BCUT2D eigenvalue weighted by Crippen LogP contribution is -2.27. The number of hydrogen-bond acceptors (Lipinski definition) is 2. The first-order chi connectivity index (χ1) is 12.5. The molecule has 2 atom stereocenters. The second-order valence-corrected chi connectivity index (χ2v) is 7.12. The lowest BCUT2D eigenvalue weighted by atomic mass is 9.79. The van der Waals surface area contributed by atoms with Gasteiger partial charge < -0.3 is 0 Å². The summed E-state index contributed by atoms with van der Waals surface area (Å²) in [6.07, 6.45) is 8.32. The highest BCUT2D eigenvalue weighted by molar-refractivity contribution is 6.10. The van der Waals surface area contributed by atoms with Crippen LogP contribution in [0, 0.1) is 5.92 Å². The average molecular weight is 347 g/mol. The van der Waals surface area contributed by atoms with Gasteiger partial charge in [-0.15, -0.1) is 6.58 Å². The standard InChI is InChI=1S/C24H30N2/c1-7-12-19(8-2)25-18(6)24-22(16-15-17(4)5)20-13-10-11-14-21(20)23(9-3)26-24/h7-11,13-14,17,22,24H,1-3,6,12,15-16H2,4-5H3. The SMILES string of the molecule is C=CCC(C=C)=NC(=C)C1N=C(C=C)c2ccccc2C1CCC(C)C. The normalized spacial score (nSPS) is 19.5. The molecular weight excluding hydrogens is 316 g/mol. The van der Waals surface area contributed by atoms with Gasteiger partial charge in [-0.25, -0.2) is 0 Å². The van der Waals surface area contributed by atoms with Gasteiger partial charge in [0, 0.05) is 23.6 Å². The van der Waals surface area contributed by atoms with Gasteiger partial charge in [0.25, 0.3) is 0 Å². The molecule has 0 radical (unpaired) electrons. The lowest BCUT2D eigenvalue weighted by molar-refractivity contribution is 0.464. The highest BCUT2D eigenvalue weighted by atomic mass is 14.9. The fourth-order valence-electron chi connectivity index (χ4n) is 3.40. The van der Waals surface area contributed by atoms with Crippen LogP contribution < -0.4 is 0 Å². The predicted molar refractivity (Wildman–Crippen MR) is 115 cm³/mol. The fraction of sp³-hybridized carbons (Fsp3) is 0.333. The van der Waals surface area contributed by atoms with Gasteiger partial charge in [0.2, 0.25) is 0 Å². The first-order valence-corrected chi connectivity index (χ1v) is 9.31. The third-order valence-corrected chi connectivity index (χ3v) is 4.76. The van der Waals surface area contributed by atoms with Crippen molar-refractivity contribution in [3.8, 4) is 0 Å². The largest absolute Gasteiger partial charge is 0.274 e. The third kappa shape index (κ3) is 4.57. The second kappa shape index (κ2) is 9.28. The van der Waals surface area contributed by atoms with Crippen LogP contribution in [0.5, 0.6) is 0 Å².